The Bertz CT molecular complexity index is 341. The van der Waals surface area contributed by atoms with Crippen LogP contribution in [-0.4, -0.2) is 33.9 Å². The molecule has 1 N–H and O–H groups in total. The smallest absolute Gasteiger partial charge is 0.126 e. The highest BCUT2D eigenvalue weighted by Crippen LogP contribution is 2.27. The topological polar surface area (TPSA) is 39.7 Å². The first-order chi connectivity index (χ1) is 8.31. The minimum atomic E-state index is 0.739. The maximum atomic E-state index is 5.71. The average Bonchev–Trinajstić information content (AvgIpc) is 2.31. The molecular formula is C13H19NO3. The van der Waals surface area contributed by atoms with Crippen molar-refractivity contribution in [3.63, 3.8) is 0 Å². The largest absolute Gasteiger partial charge is 0.496 e. The zero-order valence-corrected chi connectivity index (χ0v) is 10.4. The van der Waals surface area contributed by atoms with E-state index >= 15 is 0 Å². The van der Waals surface area contributed by atoms with Crippen molar-refractivity contribution in [2.75, 3.05) is 33.9 Å². The van der Waals surface area contributed by atoms with Gasteiger partial charge >= 0.3 is 0 Å². The van der Waals surface area contributed by atoms with E-state index in [4.69, 9.17) is 14.2 Å². The quantitative estimate of drug-likeness (QED) is 0.817. The van der Waals surface area contributed by atoms with Crippen LogP contribution in [0.2, 0.25) is 0 Å². The van der Waals surface area contributed by atoms with E-state index in [0.29, 0.717) is 0 Å². The first-order valence-electron chi connectivity index (χ1n) is 5.88. The van der Waals surface area contributed by atoms with Gasteiger partial charge in [-0.2, -0.15) is 0 Å². The summed E-state index contributed by atoms with van der Waals surface area (Å²) in [5, 5.41) is 3.25. The van der Waals surface area contributed by atoms with E-state index in [-0.39, 0.29) is 0 Å². The molecule has 1 aromatic carbocycles. The van der Waals surface area contributed by atoms with E-state index in [1.165, 1.54) is 0 Å². The lowest BCUT2D eigenvalue weighted by Crippen LogP contribution is -2.42. The number of ether oxygens (including phenoxy) is 3. The summed E-state index contributed by atoms with van der Waals surface area (Å²) in [6, 6.07) is 5.59. The molecule has 0 radical (unpaired) electrons. The minimum Gasteiger partial charge on any atom is -0.496 e. The maximum Gasteiger partial charge on any atom is 0.126 e. The van der Waals surface area contributed by atoms with Gasteiger partial charge in [-0.3, -0.25) is 0 Å². The molecule has 1 aliphatic rings. The van der Waals surface area contributed by atoms with E-state index in [1.54, 1.807) is 14.2 Å². The average molecular weight is 237 g/mol. The molecule has 0 aromatic heterocycles. The lowest BCUT2D eigenvalue weighted by atomic mass is 10.0. The van der Waals surface area contributed by atoms with Crippen LogP contribution in [0.15, 0.2) is 18.2 Å². The Morgan fingerprint density at radius 2 is 1.65 bits per heavy atom. The molecule has 1 aromatic rings. The summed E-state index contributed by atoms with van der Waals surface area (Å²) in [7, 11) is 3.27. The first kappa shape index (κ1) is 12.0. The number of methoxy groups -OCH3 is 2. The first-order valence-corrected chi connectivity index (χ1v) is 5.88. The lowest BCUT2D eigenvalue weighted by molar-refractivity contribution is 0.237. The molecule has 4 heteroatoms. The fraction of sp³-hybridized carbons (Fsp3) is 0.538. The van der Waals surface area contributed by atoms with Crippen molar-refractivity contribution < 1.29 is 14.2 Å². The number of benzene rings is 1. The van der Waals surface area contributed by atoms with Crippen LogP contribution >= 0.6 is 0 Å². The Kier molecular flexibility index (Phi) is 4.09. The van der Waals surface area contributed by atoms with Crippen molar-refractivity contribution in [3.05, 3.63) is 18.2 Å². The molecule has 1 heterocycles. The SMILES string of the molecule is COc1cc(OC)cc(OCCC2CNC2)c1. The van der Waals surface area contributed by atoms with Gasteiger partial charge in [0.2, 0.25) is 0 Å². The van der Waals surface area contributed by atoms with E-state index in [9.17, 15) is 0 Å². The third-order valence-electron chi connectivity index (χ3n) is 2.99. The van der Waals surface area contributed by atoms with E-state index in [2.05, 4.69) is 5.32 Å². The van der Waals surface area contributed by atoms with Crippen molar-refractivity contribution in [1.82, 2.24) is 5.32 Å². The molecule has 2 rings (SSSR count). The van der Waals surface area contributed by atoms with E-state index in [0.717, 1.165) is 49.3 Å². The van der Waals surface area contributed by atoms with Gasteiger partial charge in [0.15, 0.2) is 0 Å². The van der Waals surface area contributed by atoms with Crippen LogP contribution in [0.3, 0.4) is 0 Å². The van der Waals surface area contributed by atoms with E-state index < -0.39 is 0 Å². The van der Waals surface area contributed by atoms with Gasteiger partial charge in [0.05, 0.1) is 20.8 Å². The zero-order chi connectivity index (χ0) is 12.1. The Morgan fingerprint density at radius 3 is 2.12 bits per heavy atom. The van der Waals surface area contributed by atoms with Gasteiger partial charge in [-0.15, -0.1) is 0 Å². The maximum absolute atomic E-state index is 5.71. The van der Waals surface area contributed by atoms with Crippen LogP contribution in [-0.2, 0) is 0 Å². The summed E-state index contributed by atoms with van der Waals surface area (Å²) in [6.45, 7) is 2.97. The minimum absolute atomic E-state index is 0.739. The molecule has 0 saturated carbocycles. The zero-order valence-electron chi connectivity index (χ0n) is 10.4. The Labute approximate surface area is 102 Å². The third kappa shape index (κ3) is 3.27. The normalized spacial score (nSPS) is 15.2. The number of nitrogens with one attached hydrogen (secondary N) is 1. The lowest BCUT2D eigenvalue weighted by Gasteiger charge is -2.26. The standard InChI is InChI=1S/C13H19NO3/c1-15-11-5-12(16-2)7-13(6-11)17-4-3-10-8-14-9-10/h5-7,10,14H,3-4,8-9H2,1-2H3. The molecule has 1 fully saturated rings. The summed E-state index contributed by atoms with van der Waals surface area (Å²) < 4.78 is 16.1. The summed E-state index contributed by atoms with van der Waals surface area (Å²) in [5.74, 6) is 3.07. The molecule has 94 valence electrons. The van der Waals surface area contributed by atoms with Gasteiger partial charge in [0.1, 0.15) is 17.2 Å². The van der Waals surface area contributed by atoms with Gasteiger partial charge in [-0.1, -0.05) is 0 Å². The molecule has 0 atom stereocenters. The molecule has 0 bridgehead atoms. The predicted molar refractivity (Wildman–Crippen MR) is 66.0 cm³/mol. The number of hydrogen-bond acceptors (Lipinski definition) is 4. The van der Waals surface area contributed by atoms with Gasteiger partial charge in [-0.05, 0) is 25.4 Å². The molecule has 0 aliphatic carbocycles. The molecule has 4 nitrogen and oxygen atoms in total. The van der Waals surface area contributed by atoms with Crippen molar-refractivity contribution in [1.29, 1.82) is 0 Å². The van der Waals surface area contributed by atoms with E-state index in [1.807, 2.05) is 18.2 Å². The van der Waals surface area contributed by atoms with Crippen molar-refractivity contribution in [3.8, 4) is 17.2 Å². The van der Waals surface area contributed by atoms with Crippen molar-refractivity contribution in [2.45, 2.75) is 6.42 Å². The molecular weight excluding hydrogens is 218 g/mol. The molecule has 1 aliphatic heterocycles. The summed E-state index contributed by atoms with van der Waals surface area (Å²) in [4.78, 5) is 0. The number of rotatable bonds is 6. The monoisotopic (exact) mass is 237 g/mol. The summed E-state index contributed by atoms with van der Waals surface area (Å²) >= 11 is 0. The second kappa shape index (κ2) is 5.77. The fourth-order valence-corrected chi connectivity index (χ4v) is 1.76. The van der Waals surface area contributed by atoms with Gasteiger partial charge in [0, 0.05) is 18.2 Å². The van der Waals surface area contributed by atoms with Crippen LogP contribution in [0, 0.1) is 5.92 Å². The van der Waals surface area contributed by atoms with Gasteiger partial charge < -0.3 is 19.5 Å². The Hall–Kier alpha value is -1.42. The second-order valence-corrected chi connectivity index (χ2v) is 4.21. The van der Waals surface area contributed by atoms with Crippen LogP contribution in [0.5, 0.6) is 17.2 Å². The predicted octanol–water partition coefficient (Wildman–Crippen LogP) is 1.69. The van der Waals surface area contributed by atoms with Crippen LogP contribution in [0.4, 0.5) is 0 Å². The fourth-order valence-electron chi connectivity index (χ4n) is 1.76. The third-order valence-corrected chi connectivity index (χ3v) is 2.99. The highest BCUT2D eigenvalue weighted by molar-refractivity contribution is 5.41. The van der Waals surface area contributed by atoms with Gasteiger partial charge in [-0.25, -0.2) is 0 Å². The number of hydrogen-bond donors (Lipinski definition) is 1. The Morgan fingerprint density at radius 1 is 1.06 bits per heavy atom. The van der Waals surface area contributed by atoms with Crippen molar-refractivity contribution in [2.24, 2.45) is 5.92 Å². The highest BCUT2D eigenvalue weighted by atomic mass is 16.5. The van der Waals surface area contributed by atoms with Crippen LogP contribution in [0.25, 0.3) is 0 Å². The molecule has 0 amide bonds. The van der Waals surface area contributed by atoms with Crippen molar-refractivity contribution >= 4 is 0 Å². The van der Waals surface area contributed by atoms with Crippen LogP contribution < -0.4 is 19.5 Å². The second-order valence-electron chi connectivity index (χ2n) is 4.21. The summed E-state index contributed by atoms with van der Waals surface area (Å²) in [5.41, 5.74) is 0. The molecule has 0 unspecified atom stereocenters. The Balaban J connectivity index is 1.89. The summed E-state index contributed by atoms with van der Waals surface area (Å²) in [6.07, 6.45) is 1.09. The van der Waals surface area contributed by atoms with Gasteiger partial charge in [0.25, 0.3) is 0 Å². The molecule has 1 saturated heterocycles. The molecule has 0 spiro atoms. The highest BCUT2D eigenvalue weighted by Gasteiger charge is 2.16. The molecule has 17 heavy (non-hydrogen) atoms. The van der Waals surface area contributed by atoms with Crippen LogP contribution in [0.1, 0.15) is 6.42 Å².